The molecule has 118 valence electrons. The van der Waals surface area contributed by atoms with Crippen molar-refractivity contribution < 1.29 is 14.2 Å². The molecule has 2 rings (SSSR count). The molecule has 0 radical (unpaired) electrons. The van der Waals surface area contributed by atoms with Crippen molar-refractivity contribution in [2.24, 2.45) is 12.8 Å². The van der Waals surface area contributed by atoms with Gasteiger partial charge in [-0.15, -0.1) is 0 Å². The van der Waals surface area contributed by atoms with E-state index in [0.717, 1.165) is 5.56 Å². The fraction of sp³-hybridized carbons (Fsp3) is 0.312. The van der Waals surface area contributed by atoms with Gasteiger partial charge in [-0.1, -0.05) is 6.07 Å². The number of hydrogen-bond donors (Lipinski definition) is 1. The highest BCUT2D eigenvalue weighted by Crippen LogP contribution is 2.43. The molecule has 0 aliphatic carbocycles. The van der Waals surface area contributed by atoms with Crippen LogP contribution in [0.25, 0.3) is 11.3 Å². The first-order valence-corrected chi connectivity index (χ1v) is 6.77. The number of benzene rings is 1. The maximum Gasteiger partial charge on any atom is 0.255 e. The molecule has 6 nitrogen and oxygen atoms in total. The summed E-state index contributed by atoms with van der Waals surface area (Å²) in [6.45, 7) is 0.204. The number of hydrogen-bond acceptors (Lipinski definition) is 5. The largest absolute Gasteiger partial charge is 0.493 e. The normalized spacial score (nSPS) is 10.4. The average Bonchev–Trinajstić information content (AvgIpc) is 2.55. The van der Waals surface area contributed by atoms with E-state index < -0.39 is 0 Å². The van der Waals surface area contributed by atoms with Crippen LogP contribution in [0.2, 0.25) is 0 Å². The lowest BCUT2D eigenvalue weighted by Crippen LogP contribution is -2.24. The highest BCUT2D eigenvalue weighted by molar-refractivity contribution is 5.74. The predicted octanol–water partition coefficient (Wildman–Crippen LogP) is 1.54. The minimum atomic E-state index is -0.128. The molecule has 0 saturated carbocycles. The van der Waals surface area contributed by atoms with Gasteiger partial charge >= 0.3 is 0 Å². The Morgan fingerprint density at radius 2 is 1.68 bits per heavy atom. The molecule has 6 heteroatoms. The summed E-state index contributed by atoms with van der Waals surface area (Å²) in [7, 11) is 6.35. The Morgan fingerprint density at radius 1 is 1.00 bits per heavy atom. The summed E-state index contributed by atoms with van der Waals surface area (Å²) < 4.78 is 17.7. The molecule has 0 aliphatic rings. The van der Waals surface area contributed by atoms with Crippen molar-refractivity contribution >= 4 is 0 Å². The summed E-state index contributed by atoms with van der Waals surface area (Å²) in [5, 5.41) is 0. The first kappa shape index (κ1) is 15.9. The third-order valence-electron chi connectivity index (χ3n) is 3.58. The lowest BCUT2D eigenvalue weighted by molar-refractivity contribution is 0.325. The van der Waals surface area contributed by atoms with Gasteiger partial charge in [0, 0.05) is 24.7 Å². The van der Waals surface area contributed by atoms with Crippen LogP contribution >= 0.6 is 0 Å². The molecule has 2 N–H and O–H groups in total. The van der Waals surface area contributed by atoms with E-state index in [0.29, 0.717) is 28.5 Å². The lowest BCUT2D eigenvalue weighted by atomic mass is 10.1. The highest BCUT2D eigenvalue weighted by Gasteiger charge is 2.19. The monoisotopic (exact) mass is 304 g/mol. The highest BCUT2D eigenvalue weighted by atomic mass is 16.5. The van der Waals surface area contributed by atoms with Crippen LogP contribution in [0.4, 0.5) is 0 Å². The van der Waals surface area contributed by atoms with Crippen molar-refractivity contribution in [1.82, 2.24) is 4.57 Å². The van der Waals surface area contributed by atoms with E-state index in [4.69, 9.17) is 19.9 Å². The van der Waals surface area contributed by atoms with Crippen LogP contribution in [-0.4, -0.2) is 25.9 Å². The van der Waals surface area contributed by atoms with Crippen LogP contribution in [-0.2, 0) is 13.6 Å². The van der Waals surface area contributed by atoms with Crippen LogP contribution < -0.4 is 25.5 Å². The smallest absolute Gasteiger partial charge is 0.255 e. The standard InChI is InChI=1S/C16H20N2O4/c1-18-12(7-5-10(9-17)16(18)19)11-6-8-13(20-2)15(22-4)14(11)21-3/h5-8H,9,17H2,1-4H3. The van der Waals surface area contributed by atoms with E-state index in [9.17, 15) is 4.79 Å². The molecule has 1 aromatic carbocycles. The molecule has 0 bridgehead atoms. The predicted molar refractivity (Wildman–Crippen MR) is 84.7 cm³/mol. The summed E-state index contributed by atoms with van der Waals surface area (Å²) in [5.41, 5.74) is 7.45. The van der Waals surface area contributed by atoms with Gasteiger partial charge in [0.25, 0.3) is 5.56 Å². The summed E-state index contributed by atoms with van der Waals surface area (Å²) in [4.78, 5) is 12.3. The maximum absolute atomic E-state index is 12.3. The number of methoxy groups -OCH3 is 3. The van der Waals surface area contributed by atoms with Gasteiger partial charge in [0.1, 0.15) is 0 Å². The van der Waals surface area contributed by atoms with Gasteiger partial charge in [-0.3, -0.25) is 4.79 Å². The van der Waals surface area contributed by atoms with Crippen molar-refractivity contribution in [3.05, 3.63) is 40.2 Å². The Labute approximate surface area is 129 Å². The first-order chi connectivity index (χ1) is 10.6. The molecule has 1 heterocycles. The van der Waals surface area contributed by atoms with E-state index >= 15 is 0 Å². The van der Waals surface area contributed by atoms with E-state index in [1.54, 1.807) is 45.1 Å². The quantitative estimate of drug-likeness (QED) is 0.906. The Balaban J connectivity index is 2.73. The maximum atomic E-state index is 12.3. The second-order valence-corrected chi connectivity index (χ2v) is 4.69. The van der Waals surface area contributed by atoms with Gasteiger partial charge in [0.2, 0.25) is 5.75 Å². The van der Waals surface area contributed by atoms with E-state index in [-0.39, 0.29) is 12.1 Å². The summed E-state index contributed by atoms with van der Waals surface area (Å²) in [5.74, 6) is 1.56. The molecule has 0 amide bonds. The van der Waals surface area contributed by atoms with Crippen molar-refractivity contribution in [2.45, 2.75) is 6.54 Å². The summed E-state index contributed by atoms with van der Waals surface area (Å²) >= 11 is 0. The third kappa shape index (κ3) is 2.53. The van der Waals surface area contributed by atoms with Crippen molar-refractivity contribution in [2.75, 3.05) is 21.3 Å². The van der Waals surface area contributed by atoms with Gasteiger partial charge in [-0.25, -0.2) is 0 Å². The number of pyridine rings is 1. The van der Waals surface area contributed by atoms with Crippen LogP contribution in [0, 0.1) is 0 Å². The number of rotatable bonds is 5. The third-order valence-corrected chi connectivity index (χ3v) is 3.58. The Bertz CT molecular complexity index is 738. The van der Waals surface area contributed by atoms with Crippen LogP contribution in [0.15, 0.2) is 29.1 Å². The number of ether oxygens (including phenoxy) is 3. The second kappa shape index (κ2) is 6.53. The number of nitrogens with zero attached hydrogens (tertiary/aromatic N) is 1. The van der Waals surface area contributed by atoms with E-state index in [1.165, 1.54) is 0 Å². The summed E-state index contributed by atoms with van der Waals surface area (Å²) in [6.07, 6.45) is 0. The molecule has 0 spiro atoms. The van der Waals surface area contributed by atoms with Gasteiger partial charge < -0.3 is 24.5 Å². The number of nitrogens with two attached hydrogens (primary N) is 1. The lowest BCUT2D eigenvalue weighted by Gasteiger charge is -2.17. The van der Waals surface area contributed by atoms with Crippen LogP contribution in [0.3, 0.4) is 0 Å². The van der Waals surface area contributed by atoms with E-state index in [2.05, 4.69) is 0 Å². The van der Waals surface area contributed by atoms with Crippen LogP contribution in [0.5, 0.6) is 17.2 Å². The average molecular weight is 304 g/mol. The van der Waals surface area contributed by atoms with Gasteiger partial charge in [-0.2, -0.15) is 0 Å². The first-order valence-electron chi connectivity index (χ1n) is 6.77. The SMILES string of the molecule is COc1ccc(-c2ccc(CN)c(=O)n2C)c(OC)c1OC. The molecule has 0 fully saturated rings. The van der Waals surface area contributed by atoms with Gasteiger partial charge in [-0.05, 0) is 18.2 Å². The van der Waals surface area contributed by atoms with Crippen molar-refractivity contribution in [3.8, 4) is 28.5 Å². The zero-order valence-electron chi connectivity index (χ0n) is 13.2. The molecular formula is C16H20N2O4. The zero-order chi connectivity index (χ0) is 16.3. The second-order valence-electron chi connectivity index (χ2n) is 4.69. The molecule has 0 atom stereocenters. The molecule has 0 unspecified atom stereocenters. The minimum Gasteiger partial charge on any atom is -0.493 e. The topological polar surface area (TPSA) is 75.7 Å². The number of aromatic nitrogens is 1. The Hall–Kier alpha value is -2.47. The van der Waals surface area contributed by atoms with Gasteiger partial charge in [0.05, 0.1) is 27.0 Å². The molecule has 22 heavy (non-hydrogen) atoms. The van der Waals surface area contributed by atoms with Gasteiger partial charge in [0.15, 0.2) is 11.5 Å². The molecule has 2 aromatic rings. The Kier molecular flexibility index (Phi) is 4.72. The zero-order valence-corrected chi connectivity index (χ0v) is 13.2. The van der Waals surface area contributed by atoms with E-state index in [1.807, 2.05) is 12.1 Å². The minimum absolute atomic E-state index is 0.128. The summed E-state index contributed by atoms with van der Waals surface area (Å²) in [6, 6.07) is 7.18. The molecular weight excluding hydrogens is 284 g/mol. The molecule has 0 saturated heterocycles. The Morgan fingerprint density at radius 3 is 2.23 bits per heavy atom. The molecule has 0 aliphatic heterocycles. The fourth-order valence-electron chi connectivity index (χ4n) is 2.42. The fourth-order valence-corrected chi connectivity index (χ4v) is 2.42. The van der Waals surface area contributed by atoms with Crippen molar-refractivity contribution in [3.63, 3.8) is 0 Å². The van der Waals surface area contributed by atoms with Crippen molar-refractivity contribution in [1.29, 1.82) is 0 Å². The molecule has 1 aromatic heterocycles. The van der Waals surface area contributed by atoms with Crippen LogP contribution in [0.1, 0.15) is 5.56 Å².